The predicted molar refractivity (Wildman–Crippen MR) is 59.3 cm³/mol. The average molecular weight is 231 g/mol. The molecule has 0 spiro atoms. The molecule has 5 heteroatoms. The van der Waals surface area contributed by atoms with Crippen LogP contribution in [0.25, 0.3) is 0 Å². The molecule has 2 unspecified atom stereocenters. The van der Waals surface area contributed by atoms with Crippen molar-refractivity contribution in [1.82, 2.24) is 4.90 Å². The third-order valence-corrected chi connectivity index (χ3v) is 2.80. The number of aliphatic carboxylic acids is 1. The summed E-state index contributed by atoms with van der Waals surface area (Å²) in [5.74, 6) is -0.799. The lowest BCUT2D eigenvalue weighted by molar-refractivity contribution is -0.151. The summed E-state index contributed by atoms with van der Waals surface area (Å²) >= 11 is 0. The van der Waals surface area contributed by atoms with E-state index in [0.717, 1.165) is 0 Å². The lowest BCUT2D eigenvalue weighted by atomic mass is 9.92. The number of aliphatic hydroxyl groups is 1. The van der Waals surface area contributed by atoms with Gasteiger partial charge in [0, 0.05) is 19.6 Å². The second-order valence-electron chi connectivity index (χ2n) is 5.13. The van der Waals surface area contributed by atoms with E-state index in [1.807, 2.05) is 11.8 Å². The summed E-state index contributed by atoms with van der Waals surface area (Å²) in [5, 5.41) is 18.1. The second kappa shape index (κ2) is 5.12. The highest BCUT2D eigenvalue weighted by Gasteiger charge is 2.33. The first-order valence-corrected chi connectivity index (χ1v) is 5.57. The van der Waals surface area contributed by atoms with E-state index in [4.69, 9.17) is 14.9 Å². The van der Waals surface area contributed by atoms with E-state index < -0.39 is 11.4 Å². The van der Waals surface area contributed by atoms with Gasteiger partial charge in [-0.15, -0.1) is 0 Å². The highest BCUT2D eigenvalue weighted by atomic mass is 16.5. The Hall–Kier alpha value is -0.650. The topological polar surface area (TPSA) is 70.0 Å². The molecule has 0 bridgehead atoms. The average Bonchev–Trinajstić information content (AvgIpc) is 2.15. The first kappa shape index (κ1) is 13.4. The van der Waals surface area contributed by atoms with Gasteiger partial charge in [-0.3, -0.25) is 9.69 Å². The van der Waals surface area contributed by atoms with Crippen LogP contribution in [0.15, 0.2) is 0 Å². The van der Waals surface area contributed by atoms with Crippen LogP contribution in [-0.2, 0) is 9.53 Å². The molecule has 2 atom stereocenters. The van der Waals surface area contributed by atoms with Gasteiger partial charge in [0.25, 0.3) is 0 Å². The molecule has 0 saturated carbocycles. The van der Waals surface area contributed by atoms with E-state index in [9.17, 15) is 4.79 Å². The van der Waals surface area contributed by atoms with Gasteiger partial charge in [0.1, 0.15) is 0 Å². The van der Waals surface area contributed by atoms with Crippen LogP contribution in [0.5, 0.6) is 0 Å². The highest BCUT2D eigenvalue weighted by Crippen LogP contribution is 2.20. The third-order valence-electron chi connectivity index (χ3n) is 2.80. The van der Waals surface area contributed by atoms with Crippen LogP contribution in [0.1, 0.15) is 20.8 Å². The quantitative estimate of drug-likeness (QED) is 0.722. The molecular weight excluding hydrogens is 210 g/mol. The van der Waals surface area contributed by atoms with E-state index in [-0.39, 0.29) is 18.8 Å². The molecule has 1 saturated heterocycles. The smallest absolute Gasteiger partial charge is 0.310 e. The first-order valence-electron chi connectivity index (χ1n) is 5.57. The maximum Gasteiger partial charge on any atom is 0.310 e. The van der Waals surface area contributed by atoms with E-state index >= 15 is 0 Å². The molecule has 1 rings (SSSR count). The molecule has 1 aliphatic heterocycles. The molecular formula is C11H21NO4. The zero-order valence-corrected chi connectivity index (χ0v) is 10.1. The second-order valence-corrected chi connectivity index (χ2v) is 5.13. The molecule has 2 N–H and O–H groups in total. The van der Waals surface area contributed by atoms with Gasteiger partial charge in [-0.25, -0.2) is 0 Å². The molecule has 16 heavy (non-hydrogen) atoms. The van der Waals surface area contributed by atoms with Crippen molar-refractivity contribution >= 4 is 5.97 Å². The Labute approximate surface area is 96.0 Å². The zero-order chi connectivity index (χ0) is 12.3. The largest absolute Gasteiger partial charge is 0.481 e. The fraction of sp³-hybridized carbons (Fsp3) is 0.909. The Kier molecular flexibility index (Phi) is 4.29. The van der Waals surface area contributed by atoms with Crippen molar-refractivity contribution in [2.75, 3.05) is 26.2 Å². The molecule has 0 aromatic rings. The van der Waals surface area contributed by atoms with Gasteiger partial charge >= 0.3 is 5.97 Å². The van der Waals surface area contributed by atoms with Gasteiger partial charge in [-0.1, -0.05) is 0 Å². The lowest BCUT2D eigenvalue weighted by Gasteiger charge is -2.38. The molecule has 0 aromatic heterocycles. The van der Waals surface area contributed by atoms with Gasteiger partial charge in [-0.2, -0.15) is 0 Å². The van der Waals surface area contributed by atoms with Crippen molar-refractivity contribution < 1.29 is 19.7 Å². The molecule has 5 nitrogen and oxygen atoms in total. The van der Waals surface area contributed by atoms with Gasteiger partial charge in [-0.05, 0) is 20.8 Å². The normalized spacial score (nSPS) is 28.0. The lowest BCUT2D eigenvalue weighted by Crippen LogP contribution is -2.51. The summed E-state index contributed by atoms with van der Waals surface area (Å²) in [6.45, 7) is 7.13. The summed E-state index contributed by atoms with van der Waals surface area (Å²) in [5.41, 5.74) is -0.767. The van der Waals surface area contributed by atoms with Crippen LogP contribution in [-0.4, -0.2) is 59.5 Å². The number of carbonyl (C=O) groups is 1. The summed E-state index contributed by atoms with van der Waals surface area (Å²) in [7, 11) is 0. The number of hydrogen-bond donors (Lipinski definition) is 2. The number of nitrogens with zero attached hydrogens (tertiary/aromatic N) is 1. The molecule has 0 radical (unpaired) electrons. The number of carboxylic acids is 1. The van der Waals surface area contributed by atoms with Gasteiger partial charge in [0.15, 0.2) is 0 Å². The summed E-state index contributed by atoms with van der Waals surface area (Å²) in [6.07, 6.45) is -0.163. The van der Waals surface area contributed by atoms with E-state index in [1.165, 1.54) is 0 Å². The minimum atomic E-state index is -0.799. The monoisotopic (exact) mass is 231 g/mol. The van der Waals surface area contributed by atoms with Crippen molar-refractivity contribution in [3.8, 4) is 0 Å². The van der Waals surface area contributed by atoms with Gasteiger partial charge in [0.05, 0.1) is 24.2 Å². The Morgan fingerprint density at radius 2 is 2.12 bits per heavy atom. The highest BCUT2D eigenvalue weighted by molar-refractivity contribution is 5.73. The molecule has 0 amide bonds. The van der Waals surface area contributed by atoms with Crippen LogP contribution in [0, 0.1) is 5.41 Å². The van der Waals surface area contributed by atoms with Crippen LogP contribution < -0.4 is 0 Å². The number of carboxylic acid groups (broad SMARTS) is 1. The van der Waals surface area contributed by atoms with Crippen LogP contribution in [0.4, 0.5) is 0 Å². The summed E-state index contributed by atoms with van der Waals surface area (Å²) < 4.78 is 5.50. The Morgan fingerprint density at radius 1 is 1.50 bits per heavy atom. The Morgan fingerprint density at radius 3 is 2.62 bits per heavy atom. The van der Waals surface area contributed by atoms with E-state index in [0.29, 0.717) is 19.6 Å². The van der Waals surface area contributed by atoms with Crippen molar-refractivity contribution in [1.29, 1.82) is 0 Å². The maximum atomic E-state index is 11.0. The number of morpholine rings is 1. The van der Waals surface area contributed by atoms with E-state index in [1.54, 1.807) is 13.8 Å². The fourth-order valence-electron chi connectivity index (χ4n) is 2.00. The number of aliphatic hydroxyl groups excluding tert-OH is 1. The maximum absolute atomic E-state index is 11.0. The molecule has 0 aromatic carbocycles. The minimum absolute atomic E-state index is 0.0195. The Balaban J connectivity index is 2.57. The number of ether oxygens (including phenoxy) is 1. The SMILES string of the molecule is CC1CN(CC(C)(C)C(=O)O)CC(CO)O1. The van der Waals surface area contributed by atoms with Crippen molar-refractivity contribution in [2.24, 2.45) is 5.41 Å². The molecule has 1 aliphatic rings. The Bertz CT molecular complexity index is 254. The zero-order valence-electron chi connectivity index (χ0n) is 10.1. The van der Waals surface area contributed by atoms with Crippen molar-refractivity contribution in [3.05, 3.63) is 0 Å². The summed E-state index contributed by atoms with van der Waals surface area (Å²) in [6, 6.07) is 0. The molecule has 0 aliphatic carbocycles. The molecule has 1 fully saturated rings. The first-order chi connectivity index (χ1) is 7.35. The number of hydrogen-bond acceptors (Lipinski definition) is 4. The fourth-order valence-corrected chi connectivity index (χ4v) is 2.00. The molecule has 1 heterocycles. The third kappa shape index (κ3) is 3.43. The summed E-state index contributed by atoms with van der Waals surface area (Å²) in [4.78, 5) is 13.1. The van der Waals surface area contributed by atoms with Gasteiger partial charge < -0.3 is 14.9 Å². The van der Waals surface area contributed by atoms with Crippen LogP contribution in [0.2, 0.25) is 0 Å². The van der Waals surface area contributed by atoms with Gasteiger partial charge in [0.2, 0.25) is 0 Å². The van der Waals surface area contributed by atoms with Crippen LogP contribution in [0.3, 0.4) is 0 Å². The van der Waals surface area contributed by atoms with Crippen LogP contribution >= 0.6 is 0 Å². The number of rotatable bonds is 4. The van der Waals surface area contributed by atoms with Crippen molar-refractivity contribution in [3.63, 3.8) is 0 Å². The predicted octanol–water partition coefficient (Wildman–Crippen LogP) is 0.179. The minimum Gasteiger partial charge on any atom is -0.481 e. The van der Waals surface area contributed by atoms with E-state index in [2.05, 4.69) is 0 Å². The molecule has 94 valence electrons. The van der Waals surface area contributed by atoms with Crippen molar-refractivity contribution in [2.45, 2.75) is 33.0 Å². The standard InChI is InChI=1S/C11H21NO4/c1-8-4-12(5-9(6-13)16-8)7-11(2,3)10(14)15/h8-9,13H,4-7H2,1-3H3,(H,14,15).